The zero-order valence-electron chi connectivity index (χ0n) is 17.3. The quantitative estimate of drug-likeness (QED) is 0.456. The first-order chi connectivity index (χ1) is 12.3. The molecule has 0 aromatic carbocycles. The van der Waals surface area contributed by atoms with Crippen molar-refractivity contribution < 1.29 is 0 Å². The van der Waals surface area contributed by atoms with Gasteiger partial charge in [0.05, 0.1) is 6.17 Å². The fraction of sp³-hybridized carbons (Fsp3) is 0.909. The van der Waals surface area contributed by atoms with E-state index in [2.05, 4.69) is 29.3 Å². The summed E-state index contributed by atoms with van der Waals surface area (Å²) in [6, 6.07) is 1.48. The topological polar surface area (TPSA) is 6.48 Å². The summed E-state index contributed by atoms with van der Waals surface area (Å²) in [6.45, 7) is 10.1. The summed E-state index contributed by atoms with van der Waals surface area (Å²) in [6.07, 6.45) is 17.7. The Morgan fingerprint density at radius 2 is 1.24 bits per heavy atom. The van der Waals surface area contributed by atoms with Crippen molar-refractivity contribution in [3.63, 3.8) is 0 Å². The van der Waals surface area contributed by atoms with Crippen LogP contribution >= 0.6 is 0 Å². The summed E-state index contributed by atoms with van der Waals surface area (Å²) < 4.78 is 0. The van der Waals surface area contributed by atoms with E-state index in [-0.39, 0.29) is 9.52 Å². The molecular weight excluding hydrogens is 320 g/mol. The van der Waals surface area contributed by atoms with Crippen molar-refractivity contribution in [1.29, 1.82) is 0 Å². The first-order valence-electron chi connectivity index (χ1n) is 11.4. The molecule has 0 atom stereocenters. The third-order valence-corrected chi connectivity index (χ3v) is 8.28. The van der Waals surface area contributed by atoms with Crippen LogP contribution in [0.2, 0.25) is 6.04 Å². The summed E-state index contributed by atoms with van der Waals surface area (Å²) in [4.78, 5) is 5.75. The first-order valence-corrected chi connectivity index (χ1v) is 13.3. The summed E-state index contributed by atoms with van der Waals surface area (Å²) >= 11 is 0. The van der Waals surface area contributed by atoms with Gasteiger partial charge < -0.3 is 0 Å². The molecule has 0 N–H and O–H groups in total. The highest BCUT2D eigenvalue weighted by Gasteiger charge is 2.25. The van der Waals surface area contributed by atoms with Gasteiger partial charge in [-0.25, -0.2) is 0 Å². The second kappa shape index (κ2) is 13.1. The molecule has 0 unspecified atom stereocenters. The van der Waals surface area contributed by atoms with Crippen LogP contribution in [0.3, 0.4) is 0 Å². The van der Waals surface area contributed by atoms with Gasteiger partial charge in [0.15, 0.2) is 0 Å². The van der Waals surface area contributed by atoms with E-state index in [1.807, 2.05) is 0 Å². The van der Waals surface area contributed by atoms with Crippen molar-refractivity contribution in [2.24, 2.45) is 0 Å². The Bertz CT molecular complexity index is 331. The van der Waals surface area contributed by atoms with Crippen LogP contribution in [0.15, 0.2) is 11.3 Å². The lowest BCUT2D eigenvalue weighted by atomic mass is 10.0. The van der Waals surface area contributed by atoms with Crippen LogP contribution in [0, 0.1) is 0 Å². The number of nitrogens with zero attached hydrogens (tertiary/aromatic N) is 2. The Morgan fingerprint density at radius 1 is 0.800 bits per heavy atom. The largest absolute Gasteiger partial charge is 0.288 e. The molecule has 0 aliphatic carbocycles. The minimum atomic E-state index is 0.0402. The highest BCUT2D eigenvalue weighted by atomic mass is 28.2. The van der Waals surface area contributed by atoms with E-state index in [1.165, 1.54) is 109 Å². The Labute approximate surface area is 160 Å². The van der Waals surface area contributed by atoms with Crippen LogP contribution in [0.4, 0.5) is 0 Å². The van der Waals surface area contributed by atoms with Crippen molar-refractivity contribution in [3.05, 3.63) is 11.3 Å². The highest BCUT2D eigenvalue weighted by Crippen LogP contribution is 2.23. The molecule has 0 aromatic rings. The molecule has 0 amide bonds. The van der Waals surface area contributed by atoms with Crippen molar-refractivity contribution in [1.82, 2.24) is 9.80 Å². The lowest BCUT2D eigenvalue weighted by Crippen LogP contribution is -2.50. The minimum Gasteiger partial charge on any atom is -0.288 e. The van der Waals surface area contributed by atoms with E-state index in [1.54, 1.807) is 5.57 Å². The molecule has 0 saturated carbocycles. The van der Waals surface area contributed by atoms with E-state index in [0.717, 1.165) is 0 Å². The molecule has 0 radical (unpaired) electrons. The van der Waals surface area contributed by atoms with Crippen molar-refractivity contribution >= 4 is 9.52 Å². The molecule has 0 aromatic heterocycles. The molecule has 3 heteroatoms. The SMILES string of the molecule is CCC[SiH2]C=C(C)CC(N1CCCCCCC1)N1CCCCCCC1. The van der Waals surface area contributed by atoms with E-state index >= 15 is 0 Å². The fourth-order valence-corrected chi connectivity index (χ4v) is 5.82. The van der Waals surface area contributed by atoms with Crippen LogP contribution in [0.25, 0.3) is 0 Å². The molecule has 2 heterocycles. The van der Waals surface area contributed by atoms with Gasteiger partial charge in [0.1, 0.15) is 0 Å². The minimum absolute atomic E-state index is 0.0402. The van der Waals surface area contributed by atoms with E-state index in [9.17, 15) is 0 Å². The zero-order valence-corrected chi connectivity index (χ0v) is 18.7. The first kappa shape index (κ1) is 21.2. The lowest BCUT2D eigenvalue weighted by molar-refractivity contribution is 0.0309. The molecule has 2 aliphatic rings. The van der Waals surface area contributed by atoms with Crippen LogP contribution in [-0.4, -0.2) is 51.7 Å². The predicted octanol–water partition coefficient (Wildman–Crippen LogP) is 5.14. The fourth-order valence-electron chi connectivity index (χ4n) is 4.55. The standard InChI is InChI=1S/C22H44N2Si/c1-3-18-25-20-21(2)19-22(23-14-10-6-4-7-11-15-23)24-16-12-8-5-9-13-17-24/h20,22H,3-19,25H2,1-2H3. The second-order valence-corrected chi connectivity index (χ2v) is 10.2. The van der Waals surface area contributed by atoms with Gasteiger partial charge in [0.2, 0.25) is 0 Å². The summed E-state index contributed by atoms with van der Waals surface area (Å²) in [5, 5.41) is 0. The average Bonchev–Trinajstić information content (AvgIpc) is 2.53. The van der Waals surface area contributed by atoms with Crippen molar-refractivity contribution in [3.8, 4) is 0 Å². The average molecular weight is 365 g/mol. The summed E-state index contributed by atoms with van der Waals surface area (Å²) in [5.41, 5.74) is 4.36. The Balaban J connectivity index is 2.03. The van der Waals surface area contributed by atoms with Gasteiger partial charge in [-0.3, -0.25) is 9.80 Å². The smallest absolute Gasteiger partial charge is 0.0660 e. The van der Waals surface area contributed by atoms with E-state index in [4.69, 9.17) is 0 Å². The molecule has 2 rings (SSSR count). The van der Waals surface area contributed by atoms with Crippen LogP contribution in [-0.2, 0) is 0 Å². The van der Waals surface area contributed by atoms with Gasteiger partial charge in [0.25, 0.3) is 0 Å². The Kier molecular flexibility index (Phi) is 11.1. The number of rotatable bonds is 7. The maximum Gasteiger partial charge on any atom is 0.0660 e. The van der Waals surface area contributed by atoms with Gasteiger partial charge in [-0.1, -0.05) is 63.5 Å². The highest BCUT2D eigenvalue weighted by molar-refractivity contribution is 6.42. The predicted molar refractivity (Wildman–Crippen MR) is 115 cm³/mol. The number of hydrogen-bond donors (Lipinski definition) is 0. The van der Waals surface area contributed by atoms with E-state index in [0.29, 0.717) is 6.17 Å². The maximum atomic E-state index is 2.87. The molecule has 25 heavy (non-hydrogen) atoms. The molecule has 2 aliphatic heterocycles. The third-order valence-electron chi connectivity index (χ3n) is 6.18. The van der Waals surface area contributed by atoms with Gasteiger partial charge in [-0.15, -0.1) is 5.70 Å². The van der Waals surface area contributed by atoms with Gasteiger partial charge in [-0.05, 0) is 65.2 Å². The summed E-state index contributed by atoms with van der Waals surface area (Å²) in [5.74, 6) is 0. The normalized spacial score (nSPS) is 23.6. The monoisotopic (exact) mass is 364 g/mol. The molecule has 146 valence electrons. The number of hydrogen-bond acceptors (Lipinski definition) is 2. The van der Waals surface area contributed by atoms with Crippen molar-refractivity contribution in [2.75, 3.05) is 26.2 Å². The molecule has 0 bridgehead atoms. The van der Waals surface area contributed by atoms with Gasteiger partial charge >= 0.3 is 0 Å². The Morgan fingerprint density at radius 3 is 1.68 bits per heavy atom. The van der Waals surface area contributed by atoms with E-state index < -0.39 is 0 Å². The maximum absolute atomic E-state index is 2.87. The number of likely N-dealkylation sites (tertiary alicyclic amines) is 2. The zero-order chi connectivity index (χ0) is 17.7. The second-order valence-electron chi connectivity index (χ2n) is 8.48. The lowest BCUT2D eigenvalue weighted by Gasteiger charge is -2.41. The molecule has 0 spiro atoms. The Hall–Kier alpha value is -0.123. The van der Waals surface area contributed by atoms with Crippen LogP contribution < -0.4 is 0 Å². The van der Waals surface area contributed by atoms with Gasteiger partial charge in [-0.2, -0.15) is 0 Å². The van der Waals surface area contributed by atoms with Crippen molar-refractivity contribution in [2.45, 2.75) is 103 Å². The molecule has 2 nitrogen and oxygen atoms in total. The molecule has 2 saturated heterocycles. The summed E-state index contributed by atoms with van der Waals surface area (Å²) in [7, 11) is 0.0402. The molecule has 2 fully saturated rings. The van der Waals surface area contributed by atoms with Gasteiger partial charge in [0, 0.05) is 9.52 Å². The van der Waals surface area contributed by atoms with Crippen LogP contribution in [0.1, 0.15) is 90.9 Å². The third kappa shape index (κ3) is 8.40. The van der Waals surface area contributed by atoms with Crippen LogP contribution in [0.5, 0.6) is 0 Å². The molecular formula is C22H44N2Si.